The molecule has 0 spiro atoms. The van der Waals surface area contributed by atoms with Crippen molar-refractivity contribution in [2.45, 2.75) is 30.9 Å². The van der Waals surface area contributed by atoms with Crippen LogP contribution in [0.25, 0.3) is 0 Å². The Morgan fingerprint density at radius 1 is 1.27 bits per heavy atom. The molecule has 1 fully saturated rings. The normalized spacial score (nSPS) is 18.7. The molecule has 0 bridgehead atoms. The zero-order chi connectivity index (χ0) is 18.9. The molecule has 1 aliphatic heterocycles. The summed E-state index contributed by atoms with van der Waals surface area (Å²) in [4.78, 5) is 13.6. The molecule has 1 unspecified atom stereocenters. The highest BCUT2D eigenvalue weighted by atomic mass is 35.5. The molecule has 0 aliphatic carbocycles. The molecule has 1 amide bonds. The summed E-state index contributed by atoms with van der Waals surface area (Å²) >= 11 is 7.21. The minimum absolute atomic E-state index is 0.155. The molecule has 1 aromatic heterocycles. The molecule has 0 saturated carbocycles. The molecule has 1 atom stereocenters. The predicted molar refractivity (Wildman–Crippen MR) is 105 cm³/mol. The van der Waals surface area contributed by atoms with Gasteiger partial charge in [0.1, 0.15) is 4.21 Å². The number of halogens is 1. The van der Waals surface area contributed by atoms with E-state index in [1.807, 2.05) is 13.8 Å². The molecule has 1 aliphatic rings. The van der Waals surface area contributed by atoms with Crippen molar-refractivity contribution in [1.29, 1.82) is 0 Å². The van der Waals surface area contributed by atoms with Crippen LogP contribution in [-0.2, 0) is 14.8 Å². The Kier molecular flexibility index (Phi) is 5.72. The van der Waals surface area contributed by atoms with Gasteiger partial charge in [0, 0.05) is 28.7 Å². The molecule has 1 N–H and O–H groups in total. The number of anilines is 1. The molecule has 2 aromatic rings. The second-order valence-electron chi connectivity index (χ2n) is 6.52. The first-order valence-electron chi connectivity index (χ1n) is 8.41. The van der Waals surface area contributed by atoms with Gasteiger partial charge in [-0.3, -0.25) is 4.79 Å². The summed E-state index contributed by atoms with van der Waals surface area (Å²) in [6, 6.07) is 8.71. The minimum Gasteiger partial charge on any atom is -0.326 e. The van der Waals surface area contributed by atoms with Gasteiger partial charge < -0.3 is 5.32 Å². The van der Waals surface area contributed by atoms with Crippen molar-refractivity contribution in [3.05, 3.63) is 45.8 Å². The molecule has 5 nitrogen and oxygen atoms in total. The van der Waals surface area contributed by atoms with Gasteiger partial charge in [-0.25, -0.2) is 8.42 Å². The van der Waals surface area contributed by atoms with Crippen LogP contribution in [0, 0.1) is 19.8 Å². The minimum atomic E-state index is -3.54. The average molecular weight is 413 g/mol. The number of rotatable bonds is 4. The summed E-state index contributed by atoms with van der Waals surface area (Å²) < 4.78 is 27.4. The van der Waals surface area contributed by atoms with Gasteiger partial charge in [0.05, 0.1) is 5.92 Å². The zero-order valence-corrected chi connectivity index (χ0v) is 17.0. The lowest BCUT2D eigenvalue weighted by molar-refractivity contribution is -0.120. The lowest BCUT2D eigenvalue weighted by atomic mass is 9.98. The van der Waals surface area contributed by atoms with Gasteiger partial charge >= 0.3 is 0 Å². The number of nitrogens with zero attached hydrogens (tertiary/aromatic N) is 1. The Morgan fingerprint density at radius 3 is 2.69 bits per heavy atom. The van der Waals surface area contributed by atoms with E-state index in [-0.39, 0.29) is 18.4 Å². The number of benzene rings is 1. The molecule has 2 heterocycles. The zero-order valence-electron chi connectivity index (χ0n) is 14.7. The third-order valence-corrected chi connectivity index (χ3v) is 8.08. The largest absolute Gasteiger partial charge is 0.326 e. The summed E-state index contributed by atoms with van der Waals surface area (Å²) in [5, 5.41) is 3.52. The van der Waals surface area contributed by atoms with Crippen molar-refractivity contribution in [1.82, 2.24) is 4.31 Å². The monoisotopic (exact) mass is 412 g/mol. The van der Waals surface area contributed by atoms with E-state index in [2.05, 4.69) is 5.32 Å². The second-order valence-corrected chi connectivity index (χ2v) is 10.4. The maximum absolute atomic E-state index is 12.8. The number of nitrogens with one attached hydrogen (secondary N) is 1. The maximum Gasteiger partial charge on any atom is 0.252 e. The fourth-order valence-corrected chi connectivity index (χ4v) is 6.24. The topological polar surface area (TPSA) is 66.5 Å². The van der Waals surface area contributed by atoms with Crippen molar-refractivity contribution in [3.8, 4) is 0 Å². The Morgan fingerprint density at radius 2 is 2.04 bits per heavy atom. The van der Waals surface area contributed by atoms with Gasteiger partial charge in [-0.05, 0) is 62.6 Å². The third kappa shape index (κ3) is 4.11. The fraction of sp³-hybridized carbons (Fsp3) is 0.389. The predicted octanol–water partition coefficient (Wildman–Crippen LogP) is 4.06. The van der Waals surface area contributed by atoms with E-state index in [9.17, 15) is 13.2 Å². The van der Waals surface area contributed by atoms with Crippen LogP contribution in [0.15, 0.2) is 34.5 Å². The summed E-state index contributed by atoms with van der Waals surface area (Å²) in [6.07, 6.45) is 1.34. The van der Waals surface area contributed by atoms with Crippen molar-refractivity contribution >= 4 is 44.6 Å². The summed E-state index contributed by atoms with van der Waals surface area (Å²) in [5.41, 5.74) is 1.58. The fourth-order valence-electron chi connectivity index (χ4n) is 3.05. The highest BCUT2D eigenvalue weighted by Crippen LogP contribution is 2.29. The number of sulfonamides is 1. The molecular weight excluding hydrogens is 392 g/mol. The van der Waals surface area contributed by atoms with Crippen LogP contribution in [0.5, 0.6) is 0 Å². The Hall–Kier alpha value is -1.41. The van der Waals surface area contributed by atoms with Gasteiger partial charge in [0.25, 0.3) is 10.0 Å². The highest BCUT2D eigenvalue weighted by Gasteiger charge is 2.34. The first-order valence-corrected chi connectivity index (χ1v) is 11.0. The van der Waals surface area contributed by atoms with Gasteiger partial charge in [-0.2, -0.15) is 4.31 Å². The number of hydrogen-bond acceptors (Lipinski definition) is 4. The van der Waals surface area contributed by atoms with E-state index in [1.165, 1.54) is 15.6 Å². The first-order chi connectivity index (χ1) is 12.3. The number of hydrogen-bond donors (Lipinski definition) is 1. The van der Waals surface area contributed by atoms with Gasteiger partial charge in [-0.15, -0.1) is 11.3 Å². The van der Waals surface area contributed by atoms with E-state index in [0.717, 1.165) is 10.4 Å². The van der Waals surface area contributed by atoms with Gasteiger partial charge in [0.15, 0.2) is 0 Å². The molecule has 3 rings (SSSR count). The first kappa shape index (κ1) is 19.4. The Labute approximate surface area is 163 Å². The molecule has 8 heteroatoms. The number of amides is 1. The highest BCUT2D eigenvalue weighted by molar-refractivity contribution is 7.91. The molecule has 1 saturated heterocycles. The SMILES string of the molecule is Cc1ccc(S(=O)(=O)N2CCCC(C(=O)Nc3ccc(Cl)cc3C)C2)s1. The molecule has 140 valence electrons. The third-order valence-electron chi connectivity index (χ3n) is 4.51. The Bertz CT molecular complexity index is 924. The Balaban J connectivity index is 1.72. The quantitative estimate of drug-likeness (QED) is 0.823. The van der Waals surface area contributed by atoms with E-state index < -0.39 is 10.0 Å². The van der Waals surface area contributed by atoms with E-state index in [1.54, 1.807) is 30.3 Å². The number of piperidine rings is 1. The molecule has 0 radical (unpaired) electrons. The van der Waals surface area contributed by atoms with Crippen LogP contribution in [0.2, 0.25) is 5.02 Å². The van der Waals surface area contributed by atoms with Crippen LogP contribution < -0.4 is 5.32 Å². The van der Waals surface area contributed by atoms with Crippen LogP contribution in [0.4, 0.5) is 5.69 Å². The van der Waals surface area contributed by atoms with E-state index >= 15 is 0 Å². The van der Waals surface area contributed by atoms with E-state index in [0.29, 0.717) is 34.3 Å². The second kappa shape index (κ2) is 7.68. The number of carbonyl (C=O) groups excluding carboxylic acids is 1. The molecule has 26 heavy (non-hydrogen) atoms. The summed E-state index contributed by atoms with van der Waals surface area (Å²) in [6.45, 7) is 4.41. The summed E-state index contributed by atoms with van der Waals surface area (Å²) in [7, 11) is -3.54. The van der Waals surface area contributed by atoms with Crippen LogP contribution in [0.1, 0.15) is 23.3 Å². The lowest BCUT2D eigenvalue weighted by Gasteiger charge is -2.31. The lowest BCUT2D eigenvalue weighted by Crippen LogP contribution is -2.43. The average Bonchev–Trinajstić information content (AvgIpc) is 3.05. The number of thiophene rings is 1. The molecular formula is C18H21ClN2O3S2. The van der Waals surface area contributed by atoms with Crippen LogP contribution >= 0.6 is 22.9 Å². The smallest absolute Gasteiger partial charge is 0.252 e. The number of carbonyl (C=O) groups is 1. The summed E-state index contributed by atoms with van der Waals surface area (Å²) in [5.74, 6) is -0.521. The van der Waals surface area contributed by atoms with Gasteiger partial charge in [-0.1, -0.05) is 11.6 Å². The van der Waals surface area contributed by atoms with Crippen molar-refractivity contribution < 1.29 is 13.2 Å². The van der Waals surface area contributed by atoms with Crippen molar-refractivity contribution in [2.24, 2.45) is 5.92 Å². The van der Waals surface area contributed by atoms with E-state index in [4.69, 9.17) is 11.6 Å². The van der Waals surface area contributed by atoms with Crippen molar-refractivity contribution in [2.75, 3.05) is 18.4 Å². The van der Waals surface area contributed by atoms with Crippen LogP contribution in [-0.4, -0.2) is 31.7 Å². The molecule has 1 aromatic carbocycles. The van der Waals surface area contributed by atoms with Crippen molar-refractivity contribution in [3.63, 3.8) is 0 Å². The van der Waals surface area contributed by atoms with Crippen LogP contribution in [0.3, 0.4) is 0 Å². The maximum atomic E-state index is 12.8. The van der Waals surface area contributed by atoms with Gasteiger partial charge in [0.2, 0.25) is 5.91 Å². The number of aryl methyl sites for hydroxylation is 2. The standard InChI is InChI=1S/C18H21ClN2O3S2/c1-12-10-15(19)6-7-16(12)20-18(22)14-4-3-9-21(11-14)26(23,24)17-8-5-13(2)25-17/h5-8,10,14H,3-4,9,11H2,1-2H3,(H,20,22).